The van der Waals surface area contributed by atoms with Gasteiger partial charge in [-0.3, -0.25) is 4.79 Å². The van der Waals surface area contributed by atoms with Crippen molar-refractivity contribution in [3.8, 4) is 5.69 Å². The highest BCUT2D eigenvalue weighted by Crippen LogP contribution is 2.27. The fourth-order valence-electron chi connectivity index (χ4n) is 3.96. The number of anilines is 1. The van der Waals surface area contributed by atoms with Gasteiger partial charge in [-0.05, 0) is 39.3 Å². The van der Waals surface area contributed by atoms with Crippen molar-refractivity contribution < 1.29 is 13.2 Å². The number of rotatable bonds is 5. The number of amides is 1. The first kappa shape index (κ1) is 20.3. The molecule has 0 bridgehead atoms. The number of aryl methyl sites for hydroxylation is 2. The van der Waals surface area contributed by atoms with E-state index in [1.165, 1.54) is 0 Å². The average Bonchev–Trinajstić information content (AvgIpc) is 3.33. The zero-order valence-electron chi connectivity index (χ0n) is 17.3. The molecule has 1 saturated heterocycles. The van der Waals surface area contributed by atoms with Gasteiger partial charge in [-0.1, -0.05) is 18.2 Å². The molecule has 4 rings (SSSR count). The number of para-hydroxylation sites is 1. The summed E-state index contributed by atoms with van der Waals surface area (Å²) in [6.45, 7) is 5.67. The van der Waals surface area contributed by atoms with E-state index in [9.17, 15) is 13.2 Å². The summed E-state index contributed by atoms with van der Waals surface area (Å²) in [5.41, 5.74) is 4.28. The minimum atomic E-state index is -3.05. The number of aromatic nitrogens is 4. The molecule has 2 aromatic heterocycles. The number of hydrogen-bond donors (Lipinski definition) is 1. The molecule has 1 amide bonds. The van der Waals surface area contributed by atoms with Crippen LogP contribution < -0.4 is 5.32 Å². The molecule has 0 unspecified atom stereocenters. The normalized spacial score (nSPS) is 17.9. The number of carbonyl (C=O) groups is 1. The molecular weight excluding hydrogens is 402 g/mol. The summed E-state index contributed by atoms with van der Waals surface area (Å²) in [4.78, 5) is 12.8. The summed E-state index contributed by atoms with van der Waals surface area (Å²) < 4.78 is 27.2. The first-order valence-corrected chi connectivity index (χ1v) is 11.7. The van der Waals surface area contributed by atoms with E-state index in [2.05, 4.69) is 15.5 Å². The highest BCUT2D eigenvalue weighted by molar-refractivity contribution is 7.91. The zero-order chi connectivity index (χ0) is 21.5. The third-order valence-corrected chi connectivity index (χ3v) is 7.21. The van der Waals surface area contributed by atoms with Gasteiger partial charge in [0.1, 0.15) is 5.82 Å². The number of nitrogens with zero attached hydrogens (tertiary/aromatic N) is 4. The summed E-state index contributed by atoms with van der Waals surface area (Å²) in [6, 6.07) is 11.3. The van der Waals surface area contributed by atoms with Gasteiger partial charge in [0.05, 0.1) is 41.0 Å². The van der Waals surface area contributed by atoms with Crippen LogP contribution >= 0.6 is 0 Å². The van der Waals surface area contributed by atoms with Crippen molar-refractivity contribution in [2.45, 2.75) is 39.7 Å². The predicted octanol–water partition coefficient (Wildman–Crippen LogP) is 2.53. The van der Waals surface area contributed by atoms with Crippen molar-refractivity contribution in [3.63, 3.8) is 0 Å². The Morgan fingerprint density at radius 2 is 1.90 bits per heavy atom. The van der Waals surface area contributed by atoms with E-state index in [1.54, 1.807) is 10.7 Å². The van der Waals surface area contributed by atoms with Gasteiger partial charge in [0.25, 0.3) is 0 Å². The van der Waals surface area contributed by atoms with Gasteiger partial charge in [-0.15, -0.1) is 0 Å². The SMILES string of the molecule is Cc1cc(NC(=O)Cc2c(C)nn(-c3ccccc3)c2C)n([C@H]2CCS(=O)(=O)C2)n1. The largest absolute Gasteiger partial charge is 0.311 e. The summed E-state index contributed by atoms with van der Waals surface area (Å²) in [7, 11) is -3.05. The Morgan fingerprint density at radius 3 is 2.57 bits per heavy atom. The molecule has 1 aliphatic heterocycles. The van der Waals surface area contributed by atoms with Gasteiger partial charge in [0.15, 0.2) is 9.84 Å². The minimum absolute atomic E-state index is 0.0546. The quantitative estimate of drug-likeness (QED) is 0.675. The number of sulfone groups is 1. The number of hydrogen-bond acceptors (Lipinski definition) is 5. The van der Waals surface area contributed by atoms with Crippen molar-refractivity contribution in [2.24, 2.45) is 0 Å². The molecule has 1 atom stereocenters. The Bertz CT molecular complexity index is 1190. The van der Waals surface area contributed by atoms with Crippen LogP contribution in [-0.2, 0) is 21.1 Å². The van der Waals surface area contributed by atoms with E-state index >= 15 is 0 Å². The maximum Gasteiger partial charge on any atom is 0.230 e. The Hall–Kier alpha value is -2.94. The molecule has 0 saturated carbocycles. The maximum atomic E-state index is 12.8. The molecule has 3 aromatic rings. The van der Waals surface area contributed by atoms with Gasteiger partial charge < -0.3 is 5.32 Å². The highest BCUT2D eigenvalue weighted by atomic mass is 32.2. The molecule has 1 aliphatic rings. The van der Waals surface area contributed by atoms with Crippen LogP contribution in [-0.4, -0.2) is 45.4 Å². The third-order valence-electron chi connectivity index (χ3n) is 5.46. The van der Waals surface area contributed by atoms with Crippen LogP contribution in [0.25, 0.3) is 5.69 Å². The number of carbonyl (C=O) groups excluding carboxylic acids is 1. The van der Waals surface area contributed by atoms with E-state index in [1.807, 2.05) is 55.8 Å². The van der Waals surface area contributed by atoms with Crippen molar-refractivity contribution in [3.05, 3.63) is 59.0 Å². The van der Waals surface area contributed by atoms with Crippen molar-refractivity contribution in [2.75, 3.05) is 16.8 Å². The molecule has 0 radical (unpaired) electrons. The van der Waals surface area contributed by atoms with Crippen LogP contribution in [0.5, 0.6) is 0 Å². The molecule has 1 fully saturated rings. The van der Waals surface area contributed by atoms with E-state index in [0.717, 1.165) is 28.3 Å². The lowest BCUT2D eigenvalue weighted by atomic mass is 10.1. The first-order valence-electron chi connectivity index (χ1n) is 9.90. The summed E-state index contributed by atoms with van der Waals surface area (Å²) >= 11 is 0. The second-order valence-corrected chi connectivity index (χ2v) is 10.0. The van der Waals surface area contributed by atoms with Crippen LogP contribution in [0.4, 0.5) is 5.82 Å². The lowest BCUT2D eigenvalue weighted by Gasteiger charge is -2.14. The fourth-order valence-corrected chi connectivity index (χ4v) is 5.65. The molecule has 158 valence electrons. The molecule has 0 spiro atoms. The lowest BCUT2D eigenvalue weighted by Crippen LogP contribution is -2.21. The van der Waals surface area contributed by atoms with Gasteiger partial charge in [-0.2, -0.15) is 10.2 Å². The lowest BCUT2D eigenvalue weighted by molar-refractivity contribution is -0.115. The van der Waals surface area contributed by atoms with Gasteiger partial charge in [0, 0.05) is 17.3 Å². The molecule has 0 aliphatic carbocycles. The molecule has 1 N–H and O–H groups in total. The first-order chi connectivity index (χ1) is 14.2. The van der Waals surface area contributed by atoms with Crippen LogP contribution in [0.1, 0.15) is 35.1 Å². The van der Waals surface area contributed by atoms with Gasteiger partial charge in [0.2, 0.25) is 5.91 Å². The number of benzene rings is 1. The minimum Gasteiger partial charge on any atom is -0.311 e. The molecule has 1 aromatic carbocycles. The van der Waals surface area contributed by atoms with E-state index in [-0.39, 0.29) is 29.9 Å². The topological polar surface area (TPSA) is 98.9 Å². The van der Waals surface area contributed by atoms with E-state index in [0.29, 0.717) is 12.2 Å². The maximum absolute atomic E-state index is 12.8. The second kappa shape index (κ2) is 7.71. The predicted molar refractivity (Wildman–Crippen MR) is 115 cm³/mol. The van der Waals surface area contributed by atoms with Crippen LogP contribution in [0, 0.1) is 20.8 Å². The van der Waals surface area contributed by atoms with Crippen molar-refractivity contribution in [1.29, 1.82) is 0 Å². The molecule has 3 heterocycles. The highest BCUT2D eigenvalue weighted by Gasteiger charge is 2.31. The standard InChI is InChI=1S/C21H25N5O3S/c1-14-11-20(26(23-14)18-9-10-30(28,29)13-18)22-21(27)12-19-15(2)24-25(16(19)3)17-7-5-4-6-8-17/h4-8,11,18H,9-10,12-13H2,1-3H3,(H,22,27)/t18-/m0/s1. The molecule has 9 heteroatoms. The Balaban J connectivity index is 1.54. The second-order valence-electron chi connectivity index (χ2n) is 7.79. The Labute approximate surface area is 175 Å². The monoisotopic (exact) mass is 427 g/mol. The Kier molecular flexibility index (Phi) is 5.23. The van der Waals surface area contributed by atoms with Crippen LogP contribution in [0.2, 0.25) is 0 Å². The van der Waals surface area contributed by atoms with E-state index in [4.69, 9.17) is 0 Å². The molecule has 8 nitrogen and oxygen atoms in total. The third kappa shape index (κ3) is 4.02. The summed E-state index contributed by atoms with van der Waals surface area (Å²) in [5, 5.41) is 11.9. The zero-order valence-corrected chi connectivity index (χ0v) is 18.1. The molecule has 30 heavy (non-hydrogen) atoms. The molecular formula is C21H25N5O3S. The fraction of sp³-hybridized carbons (Fsp3) is 0.381. The van der Waals surface area contributed by atoms with Gasteiger partial charge >= 0.3 is 0 Å². The summed E-state index contributed by atoms with van der Waals surface area (Å²) in [6.07, 6.45) is 0.687. The Morgan fingerprint density at radius 1 is 1.17 bits per heavy atom. The average molecular weight is 428 g/mol. The van der Waals surface area contributed by atoms with Crippen LogP contribution in [0.3, 0.4) is 0 Å². The van der Waals surface area contributed by atoms with Crippen molar-refractivity contribution in [1.82, 2.24) is 19.6 Å². The summed E-state index contributed by atoms with van der Waals surface area (Å²) in [5.74, 6) is 0.557. The van der Waals surface area contributed by atoms with Crippen LogP contribution in [0.15, 0.2) is 36.4 Å². The smallest absolute Gasteiger partial charge is 0.230 e. The number of nitrogens with one attached hydrogen (secondary N) is 1. The van der Waals surface area contributed by atoms with E-state index < -0.39 is 9.84 Å². The van der Waals surface area contributed by atoms with Crippen molar-refractivity contribution >= 4 is 21.6 Å². The van der Waals surface area contributed by atoms with Gasteiger partial charge in [-0.25, -0.2) is 17.8 Å².